The summed E-state index contributed by atoms with van der Waals surface area (Å²) in [6, 6.07) is 13.9. The number of benzene rings is 4. The summed E-state index contributed by atoms with van der Waals surface area (Å²) in [5.41, 5.74) is 1.83. The third kappa shape index (κ3) is 5.12. The number of ether oxygens (including phenoxy) is 5. The molecule has 10 N–H and O–H groups in total. The number of aliphatic hydroxyl groups excluding tert-OH is 4. The van der Waals surface area contributed by atoms with Crippen molar-refractivity contribution < 1.29 is 74.7 Å². The normalized spacial score (nSPS) is 30.5. The highest BCUT2D eigenvalue weighted by molar-refractivity contribution is 5.66. The van der Waals surface area contributed by atoms with Crippen LogP contribution in [0.25, 0.3) is 0 Å². The van der Waals surface area contributed by atoms with E-state index in [2.05, 4.69) is 0 Å². The minimum Gasteiger partial charge on any atom is -0.508 e. The Morgan fingerprint density at radius 1 is 0.706 bits per heavy atom. The van der Waals surface area contributed by atoms with Crippen molar-refractivity contribution in [3.63, 3.8) is 0 Å². The van der Waals surface area contributed by atoms with E-state index in [1.807, 2.05) is 0 Å². The molecule has 4 aromatic rings. The summed E-state index contributed by atoms with van der Waals surface area (Å²) >= 11 is 0. The fourth-order valence-electron chi connectivity index (χ4n) is 7.45. The van der Waals surface area contributed by atoms with Crippen LogP contribution in [0, 0.1) is 0 Å². The molecule has 0 aliphatic carbocycles. The first-order chi connectivity index (χ1) is 24.4. The monoisotopic (exact) mass is 706 g/mol. The molecule has 8 rings (SSSR count). The molecule has 0 unspecified atom stereocenters. The Morgan fingerprint density at radius 2 is 1.43 bits per heavy atom. The number of hydrogen-bond donors (Lipinski definition) is 10. The zero-order valence-electron chi connectivity index (χ0n) is 26.5. The van der Waals surface area contributed by atoms with Gasteiger partial charge >= 0.3 is 5.79 Å². The third-order valence-electron chi connectivity index (χ3n) is 9.98. The Labute approximate surface area is 288 Å². The van der Waals surface area contributed by atoms with Crippen molar-refractivity contribution in [2.24, 2.45) is 0 Å². The van der Waals surface area contributed by atoms with Crippen LogP contribution in [0.4, 0.5) is 0 Å². The predicted molar refractivity (Wildman–Crippen MR) is 171 cm³/mol. The smallest absolute Gasteiger partial charge is 0.305 e. The van der Waals surface area contributed by atoms with Gasteiger partial charge in [-0.15, -0.1) is 0 Å². The quantitative estimate of drug-likeness (QED) is 0.133. The van der Waals surface area contributed by atoms with Crippen molar-refractivity contribution >= 4 is 0 Å². The SMILES string of the molecule is OC[C@H]1O[C@H](O[C@@H]2[C@@H]3c4c(O)cc(O)cc4O[C@@]2(c2ccc(O)c(O)c2)Oc2ccc4c(c23)O[C@H](c2ccc(O)c(O)c2)CC4)[C@H](O)[C@@H](O)[C@H]1O. The Bertz CT molecular complexity index is 2020. The van der Waals surface area contributed by atoms with Crippen LogP contribution in [-0.2, 0) is 21.7 Å². The minimum atomic E-state index is -2.13. The maximum Gasteiger partial charge on any atom is 0.305 e. The van der Waals surface area contributed by atoms with E-state index in [-0.39, 0.29) is 39.9 Å². The first-order valence-corrected chi connectivity index (χ1v) is 16.2. The Balaban J connectivity index is 1.35. The van der Waals surface area contributed by atoms with Crippen LogP contribution in [0.2, 0.25) is 0 Å². The molecule has 51 heavy (non-hydrogen) atoms. The average molecular weight is 707 g/mol. The molecule has 4 aliphatic rings. The van der Waals surface area contributed by atoms with E-state index in [0.717, 1.165) is 17.7 Å². The second-order valence-corrected chi connectivity index (χ2v) is 13.0. The summed E-state index contributed by atoms with van der Waals surface area (Å²) in [7, 11) is 0. The average Bonchev–Trinajstić information content (AvgIpc) is 3.10. The summed E-state index contributed by atoms with van der Waals surface area (Å²) in [6.07, 6.45) is -9.60. The molecule has 4 aromatic carbocycles. The lowest BCUT2D eigenvalue weighted by Crippen LogP contribution is -2.64. The molecule has 0 saturated carbocycles. The maximum absolute atomic E-state index is 11.4. The summed E-state index contributed by atoms with van der Waals surface area (Å²) in [4.78, 5) is 0. The highest BCUT2D eigenvalue weighted by Gasteiger charge is 2.62. The highest BCUT2D eigenvalue weighted by atomic mass is 16.8. The molecule has 0 spiro atoms. The number of phenolic OH excluding ortho intramolecular Hbond substituents is 6. The lowest BCUT2D eigenvalue weighted by Gasteiger charge is -2.53. The molecule has 0 radical (unpaired) electrons. The van der Waals surface area contributed by atoms with Crippen molar-refractivity contribution in [1.29, 1.82) is 0 Å². The van der Waals surface area contributed by atoms with Crippen LogP contribution >= 0.6 is 0 Å². The first-order valence-electron chi connectivity index (χ1n) is 16.2. The first kappa shape index (κ1) is 33.0. The van der Waals surface area contributed by atoms with Gasteiger partial charge in [-0.25, -0.2) is 0 Å². The second-order valence-electron chi connectivity index (χ2n) is 13.0. The largest absolute Gasteiger partial charge is 0.508 e. The third-order valence-corrected chi connectivity index (χ3v) is 9.98. The van der Waals surface area contributed by atoms with Crippen LogP contribution in [0.5, 0.6) is 51.7 Å². The molecule has 15 nitrogen and oxygen atoms in total. The van der Waals surface area contributed by atoms with Crippen LogP contribution in [0.1, 0.15) is 46.3 Å². The highest BCUT2D eigenvalue weighted by Crippen LogP contribution is 2.62. The fourth-order valence-corrected chi connectivity index (χ4v) is 7.45. The topological polar surface area (TPSA) is 248 Å². The van der Waals surface area contributed by atoms with E-state index in [1.165, 1.54) is 30.3 Å². The van der Waals surface area contributed by atoms with Crippen LogP contribution in [0.3, 0.4) is 0 Å². The van der Waals surface area contributed by atoms with Gasteiger partial charge in [0.05, 0.1) is 12.5 Å². The Morgan fingerprint density at radius 3 is 2.16 bits per heavy atom. The van der Waals surface area contributed by atoms with Gasteiger partial charge in [0.15, 0.2) is 35.4 Å². The number of rotatable bonds is 5. The van der Waals surface area contributed by atoms with Gasteiger partial charge in [0.2, 0.25) is 0 Å². The van der Waals surface area contributed by atoms with Crippen molar-refractivity contribution in [1.82, 2.24) is 0 Å². The molecule has 4 aliphatic heterocycles. The van der Waals surface area contributed by atoms with Crippen molar-refractivity contribution in [3.05, 3.63) is 88.5 Å². The lowest BCUT2D eigenvalue weighted by atomic mass is 9.74. The van der Waals surface area contributed by atoms with Gasteiger partial charge in [-0.1, -0.05) is 12.1 Å². The summed E-state index contributed by atoms with van der Waals surface area (Å²) in [5, 5.41) is 105. The Kier molecular flexibility index (Phi) is 7.75. The molecule has 4 heterocycles. The molecule has 1 fully saturated rings. The number of aromatic hydroxyl groups is 6. The van der Waals surface area contributed by atoms with Gasteiger partial charge in [-0.05, 0) is 60.4 Å². The molecule has 2 bridgehead atoms. The molecule has 1 saturated heterocycles. The molecular formula is C36H34O15. The van der Waals surface area contributed by atoms with E-state index in [4.69, 9.17) is 23.7 Å². The zero-order valence-corrected chi connectivity index (χ0v) is 26.5. The Hall–Kier alpha value is -5.16. The number of phenols is 6. The van der Waals surface area contributed by atoms with Gasteiger partial charge in [0.1, 0.15) is 59.3 Å². The van der Waals surface area contributed by atoms with E-state index in [9.17, 15) is 51.1 Å². The zero-order chi connectivity index (χ0) is 35.9. The van der Waals surface area contributed by atoms with Crippen molar-refractivity contribution in [2.75, 3.05) is 6.61 Å². The van der Waals surface area contributed by atoms with Gasteiger partial charge in [-0.3, -0.25) is 0 Å². The second kappa shape index (κ2) is 12.0. The summed E-state index contributed by atoms with van der Waals surface area (Å²) in [6.45, 7) is -0.746. The maximum atomic E-state index is 11.4. The number of hydrogen-bond acceptors (Lipinski definition) is 15. The fraction of sp³-hybridized carbons (Fsp3) is 0.333. The van der Waals surface area contributed by atoms with E-state index < -0.39 is 78.5 Å². The van der Waals surface area contributed by atoms with Crippen molar-refractivity contribution in [3.8, 4) is 51.7 Å². The molecule has 0 amide bonds. The minimum absolute atomic E-state index is 0.0576. The molecular weight excluding hydrogens is 672 g/mol. The van der Waals surface area contributed by atoms with Crippen LogP contribution in [-0.4, -0.2) is 94.5 Å². The van der Waals surface area contributed by atoms with Gasteiger partial charge in [-0.2, -0.15) is 0 Å². The van der Waals surface area contributed by atoms with E-state index in [0.29, 0.717) is 29.7 Å². The van der Waals surface area contributed by atoms with E-state index in [1.54, 1.807) is 18.2 Å². The predicted octanol–water partition coefficient (Wildman–Crippen LogP) is 1.94. The number of fused-ring (bicyclic) bond motifs is 8. The molecule has 9 atom stereocenters. The molecule has 268 valence electrons. The van der Waals surface area contributed by atoms with Crippen molar-refractivity contribution in [2.45, 2.75) is 67.5 Å². The van der Waals surface area contributed by atoms with Crippen LogP contribution < -0.4 is 14.2 Å². The van der Waals surface area contributed by atoms with Gasteiger partial charge in [0, 0.05) is 28.8 Å². The van der Waals surface area contributed by atoms with Gasteiger partial charge < -0.3 is 74.7 Å². The summed E-state index contributed by atoms with van der Waals surface area (Å²) < 4.78 is 32.0. The number of aliphatic hydroxyl groups is 4. The number of aryl methyl sites for hydroxylation is 1. The van der Waals surface area contributed by atoms with Crippen LogP contribution in [0.15, 0.2) is 60.7 Å². The molecule has 0 aromatic heterocycles. The van der Waals surface area contributed by atoms with Gasteiger partial charge in [0.25, 0.3) is 0 Å². The standard InChI is InChI=1S/C36H34O15/c37-13-26-30(44)31(45)32(46)35(48-26)49-34-29-27-22(43)11-17(38)12-25(27)51-36(34,16-4-6-19(40)21(42)10-16)50-24-8-3-14-2-7-23(47-33(14)28(24)29)15-1-5-18(39)20(41)9-15/h1,3-6,8-12,23,26,29-32,34-35,37-46H,2,7,13H2/t23-,26+,29+,30-,31-,32+,34+,35+,36+/m0/s1. The van der Waals surface area contributed by atoms with E-state index >= 15 is 0 Å². The summed E-state index contributed by atoms with van der Waals surface area (Å²) in [5.74, 6) is -5.24. The molecule has 15 heteroatoms. The lowest BCUT2D eigenvalue weighted by molar-refractivity contribution is -0.345.